The molecule has 0 atom stereocenters. The van der Waals surface area contributed by atoms with Crippen LogP contribution in [0.4, 0.5) is 29.5 Å². The third-order valence-electron chi connectivity index (χ3n) is 6.37. The highest BCUT2D eigenvalue weighted by molar-refractivity contribution is 6.03. The third kappa shape index (κ3) is 7.20. The van der Waals surface area contributed by atoms with Crippen molar-refractivity contribution < 1.29 is 37.0 Å². The number of rotatable bonds is 8. The average Bonchev–Trinajstić information content (AvgIpc) is 3.44. The van der Waals surface area contributed by atoms with Gasteiger partial charge in [0.05, 0.1) is 24.2 Å². The quantitative estimate of drug-likeness (QED) is 0.258. The van der Waals surface area contributed by atoms with E-state index in [0.29, 0.717) is 35.1 Å². The van der Waals surface area contributed by atoms with Crippen molar-refractivity contribution in [2.24, 2.45) is 5.92 Å². The zero-order valence-corrected chi connectivity index (χ0v) is 23.6. The first-order chi connectivity index (χ1) is 20.3. The Bertz CT molecular complexity index is 1620. The molecule has 3 aromatic heterocycles. The van der Waals surface area contributed by atoms with E-state index < -0.39 is 35.2 Å². The molecule has 3 heterocycles. The van der Waals surface area contributed by atoms with E-state index in [4.69, 9.17) is 9.15 Å². The number of nitrogens with zero attached hydrogens (tertiary/aromatic N) is 5. The van der Waals surface area contributed by atoms with Crippen LogP contribution in [0.5, 0.6) is 0 Å². The number of carbonyl (C=O) groups is 2. The van der Waals surface area contributed by atoms with Crippen LogP contribution in [0.2, 0.25) is 0 Å². The smallest absolute Gasteiger partial charge is 0.437 e. The van der Waals surface area contributed by atoms with Crippen molar-refractivity contribution >= 4 is 23.5 Å². The van der Waals surface area contributed by atoms with E-state index in [9.17, 15) is 27.9 Å². The lowest BCUT2D eigenvalue weighted by Crippen LogP contribution is -2.38. The highest BCUT2D eigenvalue weighted by Gasteiger charge is 2.38. The number of hydrogen-bond donors (Lipinski definition) is 2. The van der Waals surface area contributed by atoms with Crippen molar-refractivity contribution in [2.45, 2.75) is 52.0 Å². The van der Waals surface area contributed by atoms with Gasteiger partial charge in [0.15, 0.2) is 11.4 Å². The van der Waals surface area contributed by atoms with E-state index in [0.717, 1.165) is 30.0 Å². The molecule has 4 aromatic rings. The SMILES string of the molecule is CC(C)(C)OC(=O)N(CC1CC1)c1cc(-c2nc(C(=O)Nc3cn(-c4ccc(CO)cc4)nc3C(F)(F)F)co2)ccn1. The number of aromatic nitrogens is 4. The molecule has 0 unspecified atom stereocenters. The second-order valence-electron chi connectivity index (χ2n) is 11.1. The first-order valence-corrected chi connectivity index (χ1v) is 13.4. The number of oxazole rings is 1. The summed E-state index contributed by atoms with van der Waals surface area (Å²) in [5, 5.41) is 15.0. The Morgan fingerprint density at radius 3 is 2.51 bits per heavy atom. The lowest BCUT2D eigenvalue weighted by Gasteiger charge is -2.27. The van der Waals surface area contributed by atoms with Crippen LogP contribution in [-0.4, -0.2) is 49.0 Å². The molecule has 2 amide bonds. The molecule has 0 spiro atoms. The van der Waals surface area contributed by atoms with Gasteiger partial charge in [0.25, 0.3) is 5.91 Å². The van der Waals surface area contributed by atoms with E-state index in [1.807, 2.05) is 0 Å². The molecule has 14 heteroatoms. The van der Waals surface area contributed by atoms with Crippen LogP contribution in [0.25, 0.3) is 17.1 Å². The van der Waals surface area contributed by atoms with Gasteiger partial charge in [0.2, 0.25) is 5.89 Å². The molecule has 43 heavy (non-hydrogen) atoms. The van der Waals surface area contributed by atoms with Gasteiger partial charge in [-0.3, -0.25) is 9.69 Å². The number of amides is 2. The van der Waals surface area contributed by atoms with E-state index in [2.05, 4.69) is 20.4 Å². The fourth-order valence-corrected chi connectivity index (χ4v) is 4.09. The van der Waals surface area contributed by atoms with E-state index in [-0.39, 0.29) is 18.2 Å². The Labute approximate surface area is 244 Å². The maximum Gasteiger partial charge on any atom is 0.437 e. The molecule has 226 valence electrons. The van der Waals surface area contributed by atoms with Crippen molar-refractivity contribution in [1.29, 1.82) is 0 Å². The zero-order valence-electron chi connectivity index (χ0n) is 23.6. The molecule has 1 aromatic carbocycles. The number of halogens is 3. The third-order valence-corrected chi connectivity index (χ3v) is 6.37. The first kappa shape index (κ1) is 29.8. The van der Waals surface area contributed by atoms with Crippen LogP contribution in [-0.2, 0) is 17.5 Å². The molecular formula is C29H29F3N6O5. The minimum atomic E-state index is -4.86. The van der Waals surface area contributed by atoms with Gasteiger partial charge in [0, 0.05) is 18.3 Å². The van der Waals surface area contributed by atoms with Crippen molar-refractivity contribution in [1.82, 2.24) is 19.7 Å². The highest BCUT2D eigenvalue weighted by atomic mass is 19.4. The number of hydrogen-bond acceptors (Lipinski definition) is 8. The summed E-state index contributed by atoms with van der Waals surface area (Å²) < 4.78 is 53.3. The Hall–Kier alpha value is -4.72. The van der Waals surface area contributed by atoms with Crippen LogP contribution in [0.3, 0.4) is 0 Å². The largest absolute Gasteiger partial charge is 0.444 e. The lowest BCUT2D eigenvalue weighted by molar-refractivity contribution is -0.140. The van der Waals surface area contributed by atoms with Gasteiger partial charge >= 0.3 is 12.3 Å². The second-order valence-corrected chi connectivity index (χ2v) is 11.1. The topological polar surface area (TPSA) is 136 Å². The van der Waals surface area contributed by atoms with E-state index in [1.54, 1.807) is 45.0 Å². The predicted molar refractivity (Wildman–Crippen MR) is 148 cm³/mol. The lowest BCUT2D eigenvalue weighted by atomic mass is 10.2. The van der Waals surface area contributed by atoms with Crippen LogP contribution in [0.1, 0.15) is 55.4 Å². The molecule has 11 nitrogen and oxygen atoms in total. The standard InChI is InChI=1S/C29H29F3N6O5/c1-28(2,3)43-27(41)37(13-17-4-5-17)23-12-19(10-11-33-23)26-35-22(16-42-26)25(40)34-21-14-38(36-24(21)29(30,31)32)20-8-6-18(15-39)7-9-20/h6-12,14,16-17,39H,4-5,13,15H2,1-3H3,(H,34,40). The van der Waals surface area contributed by atoms with Crippen LogP contribution in [0, 0.1) is 5.92 Å². The summed E-state index contributed by atoms with van der Waals surface area (Å²) in [6.07, 6.45) is 0.0751. The van der Waals surface area contributed by atoms with Crippen molar-refractivity contribution in [3.63, 3.8) is 0 Å². The summed E-state index contributed by atoms with van der Waals surface area (Å²) >= 11 is 0. The number of ether oxygens (including phenoxy) is 1. The highest BCUT2D eigenvalue weighted by Crippen LogP contribution is 2.35. The molecule has 0 saturated heterocycles. The van der Waals surface area contributed by atoms with Crippen molar-refractivity contribution in [2.75, 3.05) is 16.8 Å². The molecule has 5 rings (SSSR count). The number of anilines is 2. The molecule has 1 aliphatic rings. The molecule has 2 N–H and O–H groups in total. The van der Waals surface area contributed by atoms with Gasteiger partial charge in [0.1, 0.15) is 17.7 Å². The fourth-order valence-electron chi connectivity index (χ4n) is 4.09. The van der Waals surface area contributed by atoms with Crippen LogP contribution < -0.4 is 10.2 Å². The van der Waals surface area contributed by atoms with Gasteiger partial charge in [-0.15, -0.1) is 0 Å². The number of carbonyl (C=O) groups excluding carboxylic acids is 2. The van der Waals surface area contributed by atoms with E-state index in [1.165, 1.54) is 23.2 Å². The molecule has 0 radical (unpaired) electrons. The number of pyridine rings is 1. The van der Waals surface area contributed by atoms with Crippen molar-refractivity contribution in [3.05, 3.63) is 72.0 Å². The van der Waals surface area contributed by atoms with Gasteiger partial charge in [-0.1, -0.05) is 12.1 Å². The average molecular weight is 599 g/mol. The van der Waals surface area contributed by atoms with Crippen molar-refractivity contribution in [3.8, 4) is 17.1 Å². The Balaban J connectivity index is 1.37. The number of aliphatic hydroxyl groups excluding tert-OH is 1. The summed E-state index contributed by atoms with van der Waals surface area (Å²) in [4.78, 5) is 35.8. The zero-order chi connectivity index (χ0) is 30.9. The summed E-state index contributed by atoms with van der Waals surface area (Å²) in [6.45, 7) is 5.49. The molecule has 1 aliphatic carbocycles. The predicted octanol–water partition coefficient (Wildman–Crippen LogP) is 5.84. The van der Waals surface area contributed by atoms with Gasteiger partial charge in [-0.05, 0) is 69.4 Å². The Morgan fingerprint density at radius 1 is 1.16 bits per heavy atom. The van der Waals surface area contributed by atoms with Gasteiger partial charge in [-0.25, -0.2) is 19.4 Å². The summed E-state index contributed by atoms with van der Waals surface area (Å²) in [6, 6.07) is 9.20. The maximum atomic E-state index is 13.8. The normalized spacial score (nSPS) is 13.6. The molecular weight excluding hydrogens is 569 g/mol. The number of aliphatic hydroxyl groups is 1. The second kappa shape index (κ2) is 11.5. The summed E-state index contributed by atoms with van der Waals surface area (Å²) in [5.74, 6) is -0.313. The minimum absolute atomic E-state index is 0.0000683. The maximum absolute atomic E-state index is 13.8. The van der Waals surface area contributed by atoms with Crippen LogP contribution >= 0.6 is 0 Å². The van der Waals surface area contributed by atoms with Gasteiger partial charge in [-0.2, -0.15) is 18.3 Å². The molecule has 1 fully saturated rings. The molecule has 1 saturated carbocycles. The summed E-state index contributed by atoms with van der Waals surface area (Å²) in [5.41, 5.74) is -1.60. The fraction of sp³-hybridized carbons (Fsp3) is 0.345. The molecule has 0 bridgehead atoms. The van der Waals surface area contributed by atoms with E-state index >= 15 is 0 Å². The Kier molecular flexibility index (Phi) is 7.97. The number of alkyl halides is 3. The Morgan fingerprint density at radius 2 is 1.88 bits per heavy atom. The monoisotopic (exact) mass is 598 g/mol. The minimum Gasteiger partial charge on any atom is -0.444 e. The van der Waals surface area contributed by atoms with Gasteiger partial charge < -0.3 is 19.6 Å². The van der Waals surface area contributed by atoms with Crippen LogP contribution in [0.15, 0.2) is 59.5 Å². The number of benzene rings is 1. The molecule has 0 aliphatic heterocycles. The number of nitrogens with one attached hydrogen (secondary N) is 1. The first-order valence-electron chi connectivity index (χ1n) is 13.4. The summed E-state index contributed by atoms with van der Waals surface area (Å²) in [7, 11) is 0.